The first kappa shape index (κ1) is 19.5. The second-order valence-electron chi connectivity index (χ2n) is 7.40. The summed E-state index contributed by atoms with van der Waals surface area (Å²) in [5.74, 6) is 0.821. The van der Waals surface area contributed by atoms with E-state index in [0.29, 0.717) is 36.9 Å². The van der Waals surface area contributed by atoms with Crippen LogP contribution in [0.25, 0.3) is 22.3 Å². The van der Waals surface area contributed by atoms with Crippen molar-refractivity contribution in [2.24, 2.45) is 0 Å². The quantitative estimate of drug-likeness (QED) is 0.454. The molecule has 5 rings (SSSR count). The average Bonchev–Trinajstić information content (AvgIpc) is 2.84. The summed E-state index contributed by atoms with van der Waals surface area (Å²) in [7, 11) is 0. The Morgan fingerprint density at radius 1 is 0.806 bits per heavy atom. The van der Waals surface area contributed by atoms with Crippen LogP contribution in [0, 0.1) is 0 Å². The maximum atomic E-state index is 12.8. The predicted octanol–water partition coefficient (Wildman–Crippen LogP) is 4.31. The average molecular weight is 430 g/mol. The smallest absolute Gasteiger partial charge is 0.255 e. The van der Waals surface area contributed by atoms with Crippen LogP contribution >= 0.6 is 11.6 Å². The lowest BCUT2D eigenvalue weighted by atomic mass is 10.1. The summed E-state index contributed by atoms with van der Waals surface area (Å²) in [5.41, 5.74) is 4.17. The van der Waals surface area contributed by atoms with E-state index in [4.69, 9.17) is 21.6 Å². The minimum Gasteiger partial charge on any atom is -0.351 e. The number of para-hydroxylation sites is 2. The Morgan fingerprint density at radius 3 is 2.16 bits per heavy atom. The van der Waals surface area contributed by atoms with Crippen LogP contribution in [0.15, 0.2) is 72.9 Å². The minimum absolute atomic E-state index is 0.0308. The van der Waals surface area contributed by atoms with Crippen LogP contribution < -0.4 is 4.90 Å². The lowest BCUT2D eigenvalue weighted by molar-refractivity contribution is 0.0746. The van der Waals surface area contributed by atoms with Crippen LogP contribution in [-0.4, -0.2) is 51.9 Å². The number of benzene rings is 2. The van der Waals surface area contributed by atoms with E-state index in [9.17, 15) is 4.79 Å². The molecule has 1 fully saturated rings. The van der Waals surface area contributed by atoms with E-state index in [1.165, 1.54) is 6.20 Å². The summed E-state index contributed by atoms with van der Waals surface area (Å²) in [6.07, 6.45) is 1.53. The van der Waals surface area contributed by atoms with Gasteiger partial charge in [-0.3, -0.25) is 4.79 Å². The number of halogens is 1. The van der Waals surface area contributed by atoms with Gasteiger partial charge in [0.05, 0.1) is 16.6 Å². The molecule has 6 nitrogen and oxygen atoms in total. The molecule has 0 aliphatic carbocycles. The van der Waals surface area contributed by atoms with E-state index >= 15 is 0 Å². The lowest BCUT2D eigenvalue weighted by Gasteiger charge is -2.36. The van der Waals surface area contributed by atoms with Gasteiger partial charge in [-0.2, -0.15) is 0 Å². The Bertz CT molecular complexity index is 1220. The number of nitrogens with zero attached hydrogens (tertiary/aromatic N) is 5. The van der Waals surface area contributed by atoms with Gasteiger partial charge in [0.1, 0.15) is 10.8 Å². The van der Waals surface area contributed by atoms with E-state index in [1.54, 1.807) is 12.1 Å². The molecule has 154 valence electrons. The third kappa shape index (κ3) is 3.94. The highest BCUT2D eigenvalue weighted by Crippen LogP contribution is 2.30. The van der Waals surface area contributed by atoms with Crippen molar-refractivity contribution in [3.05, 3.63) is 83.6 Å². The maximum Gasteiger partial charge on any atom is 0.255 e. The van der Waals surface area contributed by atoms with Gasteiger partial charge in [-0.1, -0.05) is 54.1 Å². The van der Waals surface area contributed by atoms with Crippen LogP contribution in [0.2, 0.25) is 5.15 Å². The Morgan fingerprint density at radius 2 is 1.48 bits per heavy atom. The van der Waals surface area contributed by atoms with Crippen molar-refractivity contribution in [2.75, 3.05) is 31.1 Å². The third-order valence-electron chi connectivity index (χ3n) is 5.44. The second-order valence-corrected chi connectivity index (χ2v) is 7.79. The molecule has 0 unspecified atom stereocenters. The summed E-state index contributed by atoms with van der Waals surface area (Å²) in [4.78, 5) is 30.8. The van der Waals surface area contributed by atoms with Gasteiger partial charge in [0.15, 0.2) is 5.82 Å². The fourth-order valence-electron chi connectivity index (χ4n) is 3.81. The summed E-state index contributed by atoms with van der Waals surface area (Å²) in [6.45, 7) is 2.56. The number of carbonyl (C=O) groups excluding carboxylic acids is 1. The molecule has 0 bridgehead atoms. The molecule has 7 heteroatoms. The minimum atomic E-state index is -0.0308. The molecule has 0 radical (unpaired) electrons. The zero-order chi connectivity index (χ0) is 21.2. The molecule has 2 aromatic heterocycles. The first-order valence-corrected chi connectivity index (χ1v) is 10.5. The molecule has 1 saturated heterocycles. The molecule has 0 spiro atoms. The zero-order valence-electron chi connectivity index (χ0n) is 16.8. The third-order valence-corrected chi connectivity index (χ3v) is 5.66. The van der Waals surface area contributed by atoms with E-state index in [2.05, 4.69) is 22.0 Å². The highest BCUT2D eigenvalue weighted by atomic mass is 35.5. The SMILES string of the molecule is O=C(c1ccc(Cl)nc1)N1CCN(c2nc3ccccc3nc2-c2ccccc2)CC1. The summed E-state index contributed by atoms with van der Waals surface area (Å²) < 4.78 is 0. The predicted molar refractivity (Wildman–Crippen MR) is 122 cm³/mol. The zero-order valence-corrected chi connectivity index (χ0v) is 17.5. The van der Waals surface area contributed by atoms with Crippen molar-refractivity contribution in [1.82, 2.24) is 19.9 Å². The van der Waals surface area contributed by atoms with Crippen molar-refractivity contribution in [3.63, 3.8) is 0 Å². The standard InChI is InChI=1S/C24H20ClN5O/c25-21-11-10-18(16-26-21)24(31)30-14-12-29(13-15-30)23-22(17-6-2-1-3-7-17)27-19-8-4-5-9-20(19)28-23/h1-11,16H,12-15H2. The summed E-state index contributed by atoms with van der Waals surface area (Å²) in [6, 6.07) is 21.4. The first-order chi connectivity index (χ1) is 15.2. The van der Waals surface area contributed by atoms with Gasteiger partial charge in [-0.25, -0.2) is 15.0 Å². The number of carbonyl (C=O) groups is 1. The number of rotatable bonds is 3. The summed E-state index contributed by atoms with van der Waals surface area (Å²) in [5, 5.41) is 0.379. The highest BCUT2D eigenvalue weighted by Gasteiger charge is 2.25. The molecule has 2 aromatic carbocycles. The van der Waals surface area contributed by atoms with Crippen molar-refractivity contribution in [2.45, 2.75) is 0 Å². The van der Waals surface area contributed by atoms with Gasteiger partial charge in [-0.05, 0) is 24.3 Å². The number of amides is 1. The molecule has 0 saturated carbocycles. The lowest BCUT2D eigenvalue weighted by Crippen LogP contribution is -2.49. The molecule has 1 aliphatic heterocycles. The highest BCUT2D eigenvalue weighted by molar-refractivity contribution is 6.29. The van der Waals surface area contributed by atoms with Crippen LogP contribution in [0.5, 0.6) is 0 Å². The van der Waals surface area contributed by atoms with Gasteiger partial charge in [0.25, 0.3) is 5.91 Å². The Labute approximate surface area is 185 Å². The number of piperazine rings is 1. The number of aromatic nitrogens is 3. The molecular formula is C24H20ClN5O. The first-order valence-electron chi connectivity index (χ1n) is 10.2. The van der Waals surface area contributed by atoms with Gasteiger partial charge < -0.3 is 9.80 Å². The van der Waals surface area contributed by atoms with E-state index in [1.807, 2.05) is 47.4 Å². The molecule has 4 aromatic rings. The fourth-order valence-corrected chi connectivity index (χ4v) is 3.92. The largest absolute Gasteiger partial charge is 0.351 e. The van der Waals surface area contributed by atoms with Crippen molar-refractivity contribution in [3.8, 4) is 11.3 Å². The molecule has 31 heavy (non-hydrogen) atoms. The van der Waals surface area contributed by atoms with E-state index < -0.39 is 0 Å². The van der Waals surface area contributed by atoms with E-state index in [0.717, 1.165) is 28.1 Å². The molecule has 0 atom stereocenters. The van der Waals surface area contributed by atoms with Crippen molar-refractivity contribution in [1.29, 1.82) is 0 Å². The maximum absolute atomic E-state index is 12.8. The number of anilines is 1. The van der Waals surface area contributed by atoms with E-state index in [-0.39, 0.29) is 5.91 Å². The number of hydrogen-bond acceptors (Lipinski definition) is 5. The molecular weight excluding hydrogens is 410 g/mol. The number of pyridine rings is 1. The van der Waals surface area contributed by atoms with Crippen LogP contribution in [-0.2, 0) is 0 Å². The Hall–Kier alpha value is -3.51. The van der Waals surface area contributed by atoms with Crippen molar-refractivity contribution >= 4 is 34.4 Å². The van der Waals surface area contributed by atoms with Crippen molar-refractivity contribution < 1.29 is 4.79 Å². The molecule has 0 N–H and O–H groups in total. The van der Waals surface area contributed by atoms with Gasteiger partial charge >= 0.3 is 0 Å². The number of hydrogen-bond donors (Lipinski definition) is 0. The Balaban J connectivity index is 1.42. The fraction of sp³-hybridized carbons (Fsp3) is 0.167. The van der Waals surface area contributed by atoms with Gasteiger partial charge in [0, 0.05) is 37.9 Å². The van der Waals surface area contributed by atoms with Gasteiger partial charge in [-0.15, -0.1) is 0 Å². The topological polar surface area (TPSA) is 62.2 Å². The second kappa shape index (κ2) is 8.32. The van der Waals surface area contributed by atoms with Crippen LogP contribution in [0.3, 0.4) is 0 Å². The molecule has 1 amide bonds. The normalized spacial score (nSPS) is 14.1. The van der Waals surface area contributed by atoms with Crippen LogP contribution in [0.1, 0.15) is 10.4 Å². The monoisotopic (exact) mass is 429 g/mol. The molecule has 3 heterocycles. The van der Waals surface area contributed by atoms with Gasteiger partial charge in [0.2, 0.25) is 0 Å². The van der Waals surface area contributed by atoms with Crippen LogP contribution in [0.4, 0.5) is 5.82 Å². The Kier molecular flexibility index (Phi) is 5.22. The number of fused-ring (bicyclic) bond motifs is 1. The summed E-state index contributed by atoms with van der Waals surface area (Å²) >= 11 is 5.84. The molecule has 1 aliphatic rings.